The molecule has 3 nitrogen and oxygen atoms in total. The van der Waals surface area contributed by atoms with Gasteiger partial charge >= 0.3 is 5.97 Å². The molecular formula is C16H32O3. The topological polar surface area (TPSA) is 57.5 Å². The van der Waals surface area contributed by atoms with E-state index in [9.17, 15) is 9.90 Å². The lowest BCUT2D eigenvalue weighted by Crippen LogP contribution is -2.06. The van der Waals surface area contributed by atoms with E-state index < -0.39 is 5.97 Å². The third-order valence-corrected chi connectivity index (χ3v) is 3.57. The van der Waals surface area contributed by atoms with Crippen molar-refractivity contribution >= 4 is 5.97 Å². The second-order valence-electron chi connectivity index (χ2n) is 5.56. The number of aliphatic hydroxyl groups is 1. The Kier molecular flexibility index (Phi) is 13.4. The van der Waals surface area contributed by atoms with Crippen molar-refractivity contribution in [3.05, 3.63) is 0 Å². The molecule has 0 aromatic rings. The van der Waals surface area contributed by atoms with Crippen molar-refractivity contribution in [2.75, 3.05) is 0 Å². The predicted molar refractivity (Wildman–Crippen MR) is 79.3 cm³/mol. The molecule has 0 aliphatic rings. The first-order valence-corrected chi connectivity index (χ1v) is 8.06. The van der Waals surface area contributed by atoms with Crippen LogP contribution in [0.4, 0.5) is 0 Å². The summed E-state index contributed by atoms with van der Waals surface area (Å²) < 4.78 is 0. The lowest BCUT2D eigenvalue weighted by molar-refractivity contribution is -0.137. The molecule has 0 saturated carbocycles. The Morgan fingerprint density at radius 3 is 1.84 bits per heavy atom. The molecule has 0 fully saturated rings. The molecule has 2 N–H and O–H groups in total. The van der Waals surface area contributed by atoms with E-state index in [-0.39, 0.29) is 12.5 Å². The summed E-state index contributed by atoms with van der Waals surface area (Å²) in [6.45, 7) is 2.23. The fourth-order valence-corrected chi connectivity index (χ4v) is 2.31. The highest BCUT2D eigenvalue weighted by Crippen LogP contribution is 2.13. The van der Waals surface area contributed by atoms with Crippen LogP contribution in [0, 0.1) is 0 Å². The Balaban J connectivity index is 3.16. The predicted octanol–water partition coefficient (Wildman–Crippen LogP) is 4.52. The summed E-state index contributed by atoms with van der Waals surface area (Å²) in [6, 6.07) is 0. The zero-order chi connectivity index (χ0) is 14.3. The molecule has 3 heteroatoms. The molecule has 19 heavy (non-hydrogen) atoms. The van der Waals surface area contributed by atoms with E-state index in [0.29, 0.717) is 0 Å². The zero-order valence-electron chi connectivity index (χ0n) is 12.6. The number of aliphatic carboxylic acids is 1. The third kappa shape index (κ3) is 15.4. The number of hydrogen-bond donors (Lipinski definition) is 2. The number of aliphatic hydroxyl groups excluding tert-OH is 1. The molecule has 0 amide bonds. The smallest absolute Gasteiger partial charge is 0.303 e. The molecule has 0 aliphatic heterocycles. The van der Waals surface area contributed by atoms with E-state index in [0.717, 1.165) is 38.5 Å². The van der Waals surface area contributed by atoms with Crippen molar-refractivity contribution in [2.45, 2.75) is 96.5 Å². The average molecular weight is 272 g/mol. The van der Waals surface area contributed by atoms with E-state index >= 15 is 0 Å². The van der Waals surface area contributed by atoms with Gasteiger partial charge in [-0.15, -0.1) is 0 Å². The van der Waals surface area contributed by atoms with Gasteiger partial charge < -0.3 is 10.2 Å². The van der Waals surface area contributed by atoms with Crippen LogP contribution in [0.3, 0.4) is 0 Å². The first kappa shape index (κ1) is 18.4. The molecule has 1 atom stereocenters. The normalized spacial score (nSPS) is 12.5. The Morgan fingerprint density at radius 2 is 1.32 bits per heavy atom. The number of rotatable bonds is 14. The van der Waals surface area contributed by atoms with Gasteiger partial charge in [0.2, 0.25) is 0 Å². The fraction of sp³-hybridized carbons (Fsp3) is 0.938. The van der Waals surface area contributed by atoms with Crippen molar-refractivity contribution < 1.29 is 15.0 Å². The monoisotopic (exact) mass is 272 g/mol. The van der Waals surface area contributed by atoms with Gasteiger partial charge in [0.1, 0.15) is 0 Å². The molecule has 0 aromatic heterocycles. The SMILES string of the molecule is CCCCCCCCC[C@@H](O)CCCCCC(=O)O. The maximum atomic E-state index is 10.3. The highest BCUT2D eigenvalue weighted by molar-refractivity contribution is 5.66. The molecule has 0 rings (SSSR count). The number of carbonyl (C=O) groups is 1. The van der Waals surface area contributed by atoms with Crippen LogP contribution in [0.15, 0.2) is 0 Å². The molecule has 0 heterocycles. The van der Waals surface area contributed by atoms with E-state index in [1.807, 2.05) is 0 Å². The molecule has 0 unspecified atom stereocenters. The summed E-state index contributed by atoms with van der Waals surface area (Å²) in [5.41, 5.74) is 0. The number of carboxylic acids is 1. The highest BCUT2D eigenvalue weighted by atomic mass is 16.4. The second kappa shape index (κ2) is 13.9. The molecule has 0 spiro atoms. The molecule has 0 aromatic carbocycles. The van der Waals surface area contributed by atoms with Crippen LogP contribution < -0.4 is 0 Å². The summed E-state index contributed by atoms with van der Waals surface area (Å²) in [7, 11) is 0. The minimum atomic E-state index is -0.719. The molecule has 0 bridgehead atoms. The average Bonchev–Trinajstić information content (AvgIpc) is 2.37. The van der Waals surface area contributed by atoms with Gasteiger partial charge in [-0.3, -0.25) is 4.79 Å². The van der Waals surface area contributed by atoms with Gasteiger partial charge in [0.15, 0.2) is 0 Å². The van der Waals surface area contributed by atoms with E-state index in [4.69, 9.17) is 5.11 Å². The van der Waals surface area contributed by atoms with Crippen LogP contribution in [0.25, 0.3) is 0 Å². The summed E-state index contributed by atoms with van der Waals surface area (Å²) in [6.07, 6.45) is 13.4. The largest absolute Gasteiger partial charge is 0.481 e. The van der Waals surface area contributed by atoms with Gasteiger partial charge in [0.05, 0.1) is 6.10 Å². The maximum absolute atomic E-state index is 10.3. The lowest BCUT2D eigenvalue weighted by atomic mass is 10.0. The Hall–Kier alpha value is -0.570. The molecular weight excluding hydrogens is 240 g/mol. The first-order chi connectivity index (χ1) is 9.16. The van der Waals surface area contributed by atoms with Crippen LogP contribution in [0.2, 0.25) is 0 Å². The Labute approximate surface area is 118 Å². The van der Waals surface area contributed by atoms with Crippen molar-refractivity contribution in [2.24, 2.45) is 0 Å². The third-order valence-electron chi connectivity index (χ3n) is 3.57. The highest BCUT2D eigenvalue weighted by Gasteiger charge is 2.04. The molecule has 0 saturated heterocycles. The minimum absolute atomic E-state index is 0.180. The van der Waals surface area contributed by atoms with E-state index in [1.54, 1.807) is 0 Å². The van der Waals surface area contributed by atoms with Gasteiger partial charge in [-0.05, 0) is 19.3 Å². The lowest BCUT2D eigenvalue weighted by Gasteiger charge is -2.10. The van der Waals surface area contributed by atoms with Gasteiger partial charge in [-0.25, -0.2) is 0 Å². The summed E-state index contributed by atoms with van der Waals surface area (Å²) in [5, 5.41) is 18.3. The summed E-state index contributed by atoms with van der Waals surface area (Å²) in [5.74, 6) is -0.719. The molecule has 0 aliphatic carbocycles. The minimum Gasteiger partial charge on any atom is -0.481 e. The van der Waals surface area contributed by atoms with Gasteiger partial charge in [-0.2, -0.15) is 0 Å². The maximum Gasteiger partial charge on any atom is 0.303 e. The van der Waals surface area contributed by atoms with Crippen LogP contribution in [-0.4, -0.2) is 22.3 Å². The van der Waals surface area contributed by atoms with Crippen molar-refractivity contribution in [1.82, 2.24) is 0 Å². The van der Waals surface area contributed by atoms with Crippen LogP contribution in [0.5, 0.6) is 0 Å². The fourth-order valence-electron chi connectivity index (χ4n) is 2.31. The van der Waals surface area contributed by atoms with Crippen LogP contribution >= 0.6 is 0 Å². The molecule has 0 radical (unpaired) electrons. The quantitative estimate of drug-likeness (QED) is 0.457. The number of carboxylic acid groups (broad SMARTS) is 1. The zero-order valence-corrected chi connectivity index (χ0v) is 12.6. The standard InChI is InChI=1S/C16H32O3/c1-2-3-4-5-6-7-9-12-15(17)13-10-8-11-14-16(18)19/h15,17H,2-14H2,1H3,(H,18,19)/t15-/m1/s1. The Bertz CT molecular complexity index is 204. The first-order valence-electron chi connectivity index (χ1n) is 8.06. The number of unbranched alkanes of at least 4 members (excludes halogenated alkanes) is 8. The van der Waals surface area contributed by atoms with Crippen molar-refractivity contribution in [3.8, 4) is 0 Å². The van der Waals surface area contributed by atoms with Gasteiger partial charge in [-0.1, -0.05) is 64.7 Å². The van der Waals surface area contributed by atoms with Crippen molar-refractivity contribution in [1.29, 1.82) is 0 Å². The van der Waals surface area contributed by atoms with E-state index in [1.165, 1.54) is 38.5 Å². The van der Waals surface area contributed by atoms with Gasteiger partial charge in [0.25, 0.3) is 0 Å². The molecule has 114 valence electrons. The summed E-state index contributed by atoms with van der Waals surface area (Å²) in [4.78, 5) is 10.3. The van der Waals surface area contributed by atoms with Crippen LogP contribution in [0.1, 0.15) is 90.4 Å². The van der Waals surface area contributed by atoms with Crippen molar-refractivity contribution in [3.63, 3.8) is 0 Å². The van der Waals surface area contributed by atoms with Crippen LogP contribution in [-0.2, 0) is 4.79 Å². The summed E-state index contributed by atoms with van der Waals surface area (Å²) >= 11 is 0. The Morgan fingerprint density at radius 1 is 0.842 bits per heavy atom. The number of hydrogen-bond acceptors (Lipinski definition) is 2. The second-order valence-corrected chi connectivity index (χ2v) is 5.56. The van der Waals surface area contributed by atoms with E-state index in [2.05, 4.69) is 6.92 Å². The van der Waals surface area contributed by atoms with Gasteiger partial charge in [0, 0.05) is 6.42 Å².